The van der Waals surface area contributed by atoms with Gasteiger partial charge in [-0.2, -0.15) is 0 Å². The van der Waals surface area contributed by atoms with E-state index in [-0.39, 0.29) is 12.5 Å². The maximum atomic E-state index is 12.7. The van der Waals surface area contributed by atoms with Gasteiger partial charge in [0.05, 0.1) is 16.9 Å². The molecule has 1 aliphatic heterocycles. The Morgan fingerprint density at radius 1 is 1.11 bits per heavy atom. The Morgan fingerprint density at radius 2 is 1.81 bits per heavy atom. The highest BCUT2D eigenvalue weighted by Gasteiger charge is 2.25. The van der Waals surface area contributed by atoms with Crippen LogP contribution in [0.25, 0.3) is 6.08 Å². The van der Waals surface area contributed by atoms with E-state index in [1.54, 1.807) is 30.3 Å². The van der Waals surface area contributed by atoms with Crippen LogP contribution in [0.5, 0.6) is 11.5 Å². The molecule has 0 radical (unpaired) electrons. The summed E-state index contributed by atoms with van der Waals surface area (Å²) in [5, 5.41) is 2.81. The van der Waals surface area contributed by atoms with Gasteiger partial charge in [0.25, 0.3) is 5.91 Å². The van der Waals surface area contributed by atoms with Crippen LogP contribution in [0, 0.1) is 20.8 Å². The topological polar surface area (TPSA) is 90.7 Å². The maximum absolute atomic E-state index is 12.7. The second-order valence-electron chi connectivity index (χ2n) is 6.54. The van der Waals surface area contributed by atoms with Crippen molar-refractivity contribution in [1.82, 2.24) is 0 Å². The van der Waals surface area contributed by atoms with Crippen LogP contribution in [0.15, 0.2) is 29.8 Å². The number of benzene rings is 2. The standard InChI is InChI=1S/C21H22N2O4/c1-11-12(2)20-16(13(3)19(11)27-14(4)24)9-15(10-26-20)21(25)23-18-8-6-5-7-17(18)22/h5-9H,10,22H2,1-4H3,(H,23,25). The van der Waals surface area contributed by atoms with Crippen molar-refractivity contribution in [3.8, 4) is 11.5 Å². The third kappa shape index (κ3) is 3.51. The number of para-hydroxylation sites is 2. The van der Waals surface area contributed by atoms with E-state index in [0.717, 1.165) is 22.3 Å². The van der Waals surface area contributed by atoms with Crippen molar-refractivity contribution in [2.75, 3.05) is 17.7 Å². The minimum absolute atomic E-state index is 0.151. The number of fused-ring (bicyclic) bond motifs is 1. The van der Waals surface area contributed by atoms with E-state index in [1.807, 2.05) is 20.8 Å². The van der Waals surface area contributed by atoms with E-state index in [2.05, 4.69) is 5.32 Å². The van der Waals surface area contributed by atoms with Gasteiger partial charge in [0, 0.05) is 18.1 Å². The summed E-state index contributed by atoms with van der Waals surface area (Å²) in [5.74, 6) is 0.535. The minimum Gasteiger partial charge on any atom is -0.488 e. The molecule has 140 valence electrons. The molecular formula is C21H22N2O4. The maximum Gasteiger partial charge on any atom is 0.308 e. The normalized spacial score (nSPS) is 12.5. The number of carbonyl (C=O) groups is 2. The first-order valence-corrected chi connectivity index (χ1v) is 8.61. The number of nitrogens with one attached hydrogen (secondary N) is 1. The summed E-state index contributed by atoms with van der Waals surface area (Å²) in [6.07, 6.45) is 1.78. The van der Waals surface area contributed by atoms with Crippen molar-refractivity contribution in [3.63, 3.8) is 0 Å². The van der Waals surface area contributed by atoms with Gasteiger partial charge in [0.1, 0.15) is 18.1 Å². The molecule has 0 aromatic heterocycles. The summed E-state index contributed by atoms with van der Waals surface area (Å²) in [4.78, 5) is 24.1. The van der Waals surface area contributed by atoms with E-state index in [0.29, 0.717) is 28.4 Å². The number of ether oxygens (including phenoxy) is 2. The molecule has 1 heterocycles. The van der Waals surface area contributed by atoms with Crippen LogP contribution >= 0.6 is 0 Å². The fourth-order valence-electron chi connectivity index (χ4n) is 3.08. The number of hydrogen-bond donors (Lipinski definition) is 2. The lowest BCUT2D eigenvalue weighted by Gasteiger charge is -2.24. The lowest BCUT2D eigenvalue weighted by Crippen LogP contribution is -2.22. The van der Waals surface area contributed by atoms with Crippen LogP contribution in [0.1, 0.15) is 29.2 Å². The van der Waals surface area contributed by atoms with Gasteiger partial charge in [-0.05, 0) is 50.1 Å². The van der Waals surface area contributed by atoms with Gasteiger partial charge in [-0.25, -0.2) is 0 Å². The van der Waals surface area contributed by atoms with Crippen LogP contribution < -0.4 is 20.5 Å². The van der Waals surface area contributed by atoms with Gasteiger partial charge < -0.3 is 20.5 Å². The van der Waals surface area contributed by atoms with Crippen LogP contribution in [-0.2, 0) is 9.59 Å². The van der Waals surface area contributed by atoms with E-state index in [4.69, 9.17) is 15.2 Å². The molecule has 0 saturated carbocycles. The molecule has 0 aliphatic carbocycles. The lowest BCUT2D eigenvalue weighted by molar-refractivity contribution is -0.132. The molecular weight excluding hydrogens is 344 g/mol. The number of anilines is 2. The molecule has 1 amide bonds. The average molecular weight is 366 g/mol. The quantitative estimate of drug-likeness (QED) is 0.493. The highest BCUT2D eigenvalue weighted by Crippen LogP contribution is 2.41. The molecule has 6 nitrogen and oxygen atoms in total. The zero-order valence-electron chi connectivity index (χ0n) is 15.8. The van der Waals surface area contributed by atoms with Crippen LogP contribution in [0.4, 0.5) is 11.4 Å². The van der Waals surface area contributed by atoms with Crippen molar-refractivity contribution in [3.05, 3.63) is 52.1 Å². The Balaban J connectivity index is 1.99. The Hall–Kier alpha value is -3.28. The summed E-state index contributed by atoms with van der Waals surface area (Å²) in [5.41, 5.74) is 10.6. The van der Waals surface area contributed by atoms with E-state index >= 15 is 0 Å². The number of esters is 1. The fraction of sp³-hybridized carbons (Fsp3) is 0.238. The number of nitrogens with two attached hydrogens (primary N) is 1. The molecule has 0 bridgehead atoms. The SMILES string of the molecule is CC(=O)Oc1c(C)c(C)c2c(c1C)C=C(C(=O)Nc1ccccc1N)CO2. The predicted octanol–water partition coefficient (Wildman–Crippen LogP) is 3.53. The molecule has 0 fully saturated rings. The van der Waals surface area contributed by atoms with Crippen molar-refractivity contribution < 1.29 is 19.1 Å². The summed E-state index contributed by atoms with van der Waals surface area (Å²) in [6, 6.07) is 7.06. The number of amides is 1. The molecule has 6 heteroatoms. The molecule has 1 aliphatic rings. The molecule has 3 N–H and O–H groups in total. The average Bonchev–Trinajstić information content (AvgIpc) is 2.64. The van der Waals surface area contributed by atoms with Gasteiger partial charge in [0.2, 0.25) is 0 Å². The zero-order chi connectivity index (χ0) is 19.7. The molecule has 2 aromatic rings. The van der Waals surface area contributed by atoms with Crippen molar-refractivity contribution in [2.24, 2.45) is 0 Å². The molecule has 2 aromatic carbocycles. The number of hydrogen-bond acceptors (Lipinski definition) is 5. The molecule has 27 heavy (non-hydrogen) atoms. The molecule has 3 rings (SSSR count). The predicted molar refractivity (Wildman–Crippen MR) is 105 cm³/mol. The first-order chi connectivity index (χ1) is 12.8. The molecule has 0 saturated heterocycles. The lowest BCUT2D eigenvalue weighted by atomic mass is 9.94. The highest BCUT2D eigenvalue weighted by atomic mass is 16.5. The van der Waals surface area contributed by atoms with Crippen molar-refractivity contribution in [2.45, 2.75) is 27.7 Å². The van der Waals surface area contributed by atoms with Gasteiger partial charge in [0.15, 0.2) is 0 Å². The first-order valence-electron chi connectivity index (χ1n) is 8.61. The highest BCUT2D eigenvalue weighted by molar-refractivity contribution is 6.09. The van der Waals surface area contributed by atoms with Crippen LogP contribution in [0.2, 0.25) is 0 Å². The van der Waals surface area contributed by atoms with E-state index < -0.39 is 5.97 Å². The molecule has 0 spiro atoms. The second-order valence-corrected chi connectivity index (χ2v) is 6.54. The van der Waals surface area contributed by atoms with E-state index in [9.17, 15) is 9.59 Å². The monoisotopic (exact) mass is 366 g/mol. The third-order valence-corrected chi connectivity index (χ3v) is 4.67. The van der Waals surface area contributed by atoms with Crippen LogP contribution in [0.3, 0.4) is 0 Å². The Bertz CT molecular complexity index is 977. The number of carbonyl (C=O) groups excluding carboxylic acids is 2. The van der Waals surface area contributed by atoms with Crippen molar-refractivity contribution >= 4 is 29.3 Å². The first kappa shape index (κ1) is 18.5. The molecule has 0 unspecified atom stereocenters. The second kappa shape index (κ2) is 7.15. The van der Waals surface area contributed by atoms with Gasteiger partial charge in [-0.3, -0.25) is 9.59 Å². The Kier molecular flexibility index (Phi) is 4.90. The number of rotatable bonds is 3. The fourth-order valence-corrected chi connectivity index (χ4v) is 3.08. The summed E-state index contributed by atoms with van der Waals surface area (Å²) < 4.78 is 11.3. The van der Waals surface area contributed by atoms with Gasteiger partial charge >= 0.3 is 5.97 Å². The Morgan fingerprint density at radius 3 is 2.48 bits per heavy atom. The summed E-state index contributed by atoms with van der Waals surface area (Å²) >= 11 is 0. The summed E-state index contributed by atoms with van der Waals surface area (Å²) in [6.45, 7) is 7.15. The number of nitrogen functional groups attached to an aromatic ring is 1. The third-order valence-electron chi connectivity index (χ3n) is 4.67. The molecule has 0 atom stereocenters. The zero-order valence-corrected chi connectivity index (χ0v) is 15.8. The van der Waals surface area contributed by atoms with Gasteiger partial charge in [-0.15, -0.1) is 0 Å². The van der Waals surface area contributed by atoms with Gasteiger partial charge in [-0.1, -0.05) is 12.1 Å². The van der Waals surface area contributed by atoms with Crippen molar-refractivity contribution in [1.29, 1.82) is 0 Å². The van der Waals surface area contributed by atoms with E-state index in [1.165, 1.54) is 6.92 Å². The largest absolute Gasteiger partial charge is 0.488 e. The minimum atomic E-state index is -0.390. The Labute approximate surface area is 158 Å². The smallest absolute Gasteiger partial charge is 0.308 e. The summed E-state index contributed by atoms with van der Waals surface area (Å²) in [7, 11) is 0. The van der Waals surface area contributed by atoms with Crippen LogP contribution in [-0.4, -0.2) is 18.5 Å².